The monoisotopic (exact) mass is 654 g/mol. The van der Waals surface area contributed by atoms with Crippen LogP contribution in [0.5, 0.6) is 0 Å². The van der Waals surface area contributed by atoms with Crippen LogP contribution in [-0.2, 0) is 4.79 Å². The van der Waals surface area contributed by atoms with Crippen molar-refractivity contribution in [2.24, 2.45) is 0 Å². The minimum atomic E-state index is -0.320. The van der Waals surface area contributed by atoms with Crippen LogP contribution in [0.15, 0.2) is 106 Å². The Hall–Kier alpha value is -3.81. The Balaban J connectivity index is 1.42. The number of hydrogen-bond donors (Lipinski definition) is 2. The highest BCUT2D eigenvalue weighted by atomic mass is 79.9. The Morgan fingerprint density at radius 2 is 1.05 bits per heavy atom. The first-order chi connectivity index (χ1) is 19.2. The number of anilines is 2. The number of aromatic nitrogens is 2. The molecule has 200 valence electrons. The zero-order valence-electron chi connectivity index (χ0n) is 22.1. The maximum atomic E-state index is 14.2. The Labute approximate surface area is 249 Å². The zero-order valence-corrected chi connectivity index (χ0v) is 25.3. The molecule has 2 atom stereocenters. The number of para-hydroxylation sites is 2. The minimum absolute atomic E-state index is 0.165. The summed E-state index contributed by atoms with van der Waals surface area (Å²) in [5, 5.41) is 2.13. The van der Waals surface area contributed by atoms with Gasteiger partial charge in [0.2, 0.25) is 0 Å². The molecule has 0 radical (unpaired) electrons. The summed E-state index contributed by atoms with van der Waals surface area (Å²) in [5.41, 5.74) is 19.4. The highest BCUT2D eigenvalue weighted by molar-refractivity contribution is 9.11. The quantitative estimate of drug-likeness (QED) is 0.176. The Morgan fingerprint density at radius 1 is 0.650 bits per heavy atom. The van der Waals surface area contributed by atoms with E-state index in [-0.39, 0.29) is 17.6 Å². The highest BCUT2D eigenvalue weighted by Crippen LogP contribution is 2.38. The third-order valence-corrected chi connectivity index (χ3v) is 9.00. The van der Waals surface area contributed by atoms with Crippen molar-refractivity contribution in [1.29, 1.82) is 0 Å². The summed E-state index contributed by atoms with van der Waals surface area (Å²) >= 11 is 7.34. The first-order valence-corrected chi connectivity index (χ1v) is 14.7. The number of nitrogens with zero attached hydrogens (tertiary/aromatic N) is 2. The molecule has 0 aliphatic carbocycles. The molecule has 6 rings (SSSR count). The summed E-state index contributed by atoms with van der Waals surface area (Å²) < 4.78 is 6.06. The van der Waals surface area contributed by atoms with E-state index in [1.165, 1.54) is 0 Å². The zero-order chi connectivity index (χ0) is 28.1. The molecule has 40 heavy (non-hydrogen) atoms. The van der Waals surface area contributed by atoms with Crippen LogP contribution in [0.2, 0.25) is 0 Å². The van der Waals surface area contributed by atoms with E-state index >= 15 is 0 Å². The Kier molecular flexibility index (Phi) is 6.80. The summed E-state index contributed by atoms with van der Waals surface area (Å²) in [6.07, 6.45) is 4.18. The van der Waals surface area contributed by atoms with Crippen LogP contribution in [0.3, 0.4) is 0 Å². The van der Waals surface area contributed by atoms with Gasteiger partial charge in [-0.3, -0.25) is 4.79 Å². The third kappa shape index (κ3) is 4.43. The normalized spacial score (nSPS) is 13.1. The molecule has 4 N–H and O–H groups in total. The van der Waals surface area contributed by atoms with Gasteiger partial charge in [-0.25, -0.2) is 0 Å². The minimum Gasteiger partial charge on any atom is -0.399 e. The number of carbonyl (C=O) groups excluding carboxylic acids is 1. The second-order valence-corrected chi connectivity index (χ2v) is 11.9. The number of Topliss-reactive ketones (excluding diaryl/α,β-unsaturated/α-hetero) is 1. The van der Waals surface area contributed by atoms with Crippen LogP contribution in [0.1, 0.15) is 36.8 Å². The summed E-state index contributed by atoms with van der Waals surface area (Å²) in [5.74, 6) is -0.475. The molecule has 2 heterocycles. The van der Waals surface area contributed by atoms with Crippen molar-refractivity contribution < 1.29 is 4.79 Å². The van der Waals surface area contributed by atoms with Gasteiger partial charge in [0.15, 0.2) is 0 Å². The summed E-state index contributed by atoms with van der Waals surface area (Å²) in [6.45, 7) is 4.03. The van der Waals surface area contributed by atoms with E-state index in [0.29, 0.717) is 11.4 Å². The van der Waals surface area contributed by atoms with Gasteiger partial charge < -0.3 is 20.6 Å². The second kappa shape index (κ2) is 10.3. The van der Waals surface area contributed by atoms with Crippen LogP contribution in [0.25, 0.3) is 33.2 Å². The molecular formula is C33H28Br2N4O. The standard InChI is InChI=1S/C33H28Br2N4O/c1-19(25-17-38(29-9-5-3-7-23(25)29)31-13-11-21(36)15-27(31)34)33(40)20(2)26-18-39(30-10-6-4-8-24(26)30)32-14-12-22(37)16-28(32)35/h3-20H,36-37H2,1-2H3. The van der Waals surface area contributed by atoms with Crippen molar-refractivity contribution in [3.05, 3.63) is 117 Å². The van der Waals surface area contributed by atoms with E-state index in [4.69, 9.17) is 11.5 Å². The van der Waals surface area contributed by atoms with Gasteiger partial charge in [0.05, 0.1) is 22.4 Å². The first-order valence-electron chi connectivity index (χ1n) is 13.1. The smallest absolute Gasteiger partial charge is 0.147 e. The number of nitrogen functional groups attached to an aromatic ring is 2. The summed E-state index contributed by atoms with van der Waals surface area (Å²) in [7, 11) is 0. The van der Waals surface area contributed by atoms with Crippen molar-refractivity contribution in [1.82, 2.24) is 9.13 Å². The van der Waals surface area contributed by atoms with E-state index in [1.54, 1.807) is 0 Å². The predicted octanol–water partition coefficient (Wildman–Crippen LogP) is 8.74. The van der Waals surface area contributed by atoms with Gasteiger partial charge in [-0.15, -0.1) is 0 Å². The lowest BCUT2D eigenvalue weighted by Gasteiger charge is -2.16. The number of carbonyl (C=O) groups is 1. The van der Waals surface area contributed by atoms with E-state index in [2.05, 4.69) is 77.7 Å². The molecule has 0 saturated carbocycles. The second-order valence-electron chi connectivity index (χ2n) is 10.2. The number of rotatable bonds is 6. The van der Waals surface area contributed by atoms with E-state index < -0.39 is 0 Å². The molecule has 0 aliphatic rings. The van der Waals surface area contributed by atoms with Crippen molar-refractivity contribution >= 4 is 70.8 Å². The van der Waals surface area contributed by atoms with E-state index in [9.17, 15) is 4.79 Å². The third-order valence-electron chi connectivity index (χ3n) is 7.73. The molecule has 0 amide bonds. The molecule has 0 spiro atoms. The molecule has 4 aromatic carbocycles. The molecule has 7 heteroatoms. The van der Waals surface area contributed by atoms with Gasteiger partial charge in [-0.1, -0.05) is 50.2 Å². The fourth-order valence-corrected chi connectivity index (χ4v) is 6.79. The number of benzene rings is 4. The van der Waals surface area contributed by atoms with Crippen LogP contribution in [-0.4, -0.2) is 14.9 Å². The van der Waals surface area contributed by atoms with Crippen molar-refractivity contribution in [2.45, 2.75) is 25.7 Å². The number of ketones is 1. The van der Waals surface area contributed by atoms with Crippen molar-refractivity contribution in [2.75, 3.05) is 11.5 Å². The fraction of sp³-hybridized carbons (Fsp3) is 0.121. The molecule has 0 saturated heterocycles. The number of fused-ring (bicyclic) bond motifs is 2. The topological polar surface area (TPSA) is 79.0 Å². The predicted molar refractivity (Wildman–Crippen MR) is 173 cm³/mol. The first kappa shape index (κ1) is 26.4. The van der Waals surface area contributed by atoms with Gasteiger partial charge >= 0.3 is 0 Å². The molecule has 6 aromatic rings. The summed E-state index contributed by atoms with van der Waals surface area (Å²) in [4.78, 5) is 14.2. The lowest BCUT2D eigenvalue weighted by atomic mass is 9.85. The summed E-state index contributed by atoms with van der Waals surface area (Å²) in [6, 6.07) is 28.0. The van der Waals surface area contributed by atoms with Crippen LogP contribution < -0.4 is 11.5 Å². The van der Waals surface area contributed by atoms with Gasteiger partial charge in [-0.05, 0) is 91.5 Å². The highest BCUT2D eigenvalue weighted by Gasteiger charge is 2.28. The van der Waals surface area contributed by atoms with Gasteiger partial charge in [0.1, 0.15) is 5.78 Å². The molecule has 5 nitrogen and oxygen atoms in total. The maximum absolute atomic E-state index is 14.2. The lowest BCUT2D eigenvalue weighted by molar-refractivity contribution is -0.121. The lowest BCUT2D eigenvalue weighted by Crippen LogP contribution is -2.16. The maximum Gasteiger partial charge on any atom is 0.147 e. The van der Waals surface area contributed by atoms with Crippen LogP contribution in [0, 0.1) is 0 Å². The van der Waals surface area contributed by atoms with Crippen LogP contribution in [0.4, 0.5) is 11.4 Å². The number of halogens is 2. The molecular weight excluding hydrogens is 628 g/mol. The molecule has 0 bridgehead atoms. The molecule has 0 fully saturated rings. The molecule has 2 aromatic heterocycles. The van der Waals surface area contributed by atoms with Gasteiger partial charge in [0, 0.05) is 55.3 Å². The average molecular weight is 656 g/mol. The Bertz CT molecular complexity index is 1780. The fourth-order valence-electron chi connectivity index (χ4n) is 5.62. The Morgan fingerprint density at radius 3 is 1.45 bits per heavy atom. The molecule has 2 unspecified atom stereocenters. The number of nitrogens with two attached hydrogens (primary N) is 2. The largest absolute Gasteiger partial charge is 0.399 e. The van der Waals surface area contributed by atoms with Crippen molar-refractivity contribution in [3.8, 4) is 11.4 Å². The van der Waals surface area contributed by atoms with Crippen molar-refractivity contribution in [3.63, 3.8) is 0 Å². The SMILES string of the molecule is CC(C(=O)C(C)c1cn(-c2ccc(N)cc2Br)c2ccccc12)c1cn(-c2ccc(N)cc2Br)c2ccccc12. The average Bonchev–Trinajstić information content (AvgIpc) is 3.51. The van der Waals surface area contributed by atoms with Gasteiger partial charge in [0.25, 0.3) is 0 Å². The van der Waals surface area contributed by atoms with E-state index in [1.807, 2.05) is 74.5 Å². The molecule has 0 aliphatic heterocycles. The van der Waals surface area contributed by atoms with Gasteiger partial charge in [-0.2, -0.15) is 0 Å². The van der Waals surface area contributed by atoms with Crippen LogP contribution >= 0.6 is 31.9 Å². The number of hydrogen-bond acceptors (Lipinski definition) is 3. The van der Waals surface area contributed by atoms with E-state index in [0.717, 1.165) is 53.3 Å².